The summed E-state index contributed by atoms with van der Waals surface area (Å²) in [5, 5.41) is 13.5. The molecule has 0 saturated carbocycles. The van der Waals surface area contributed by atoms with Crippen LogP contribution in [0, 0.1) is 0 Å². The zero-order chi connectivity index (χ0) is 27.5. The fraction of sp³-hybridized carbons (Fsp3) is 0.294. The van der Waals surface area contributed by atoms with Crippen LogP contribution in [0.2, 0.25) is 0 Å². The second-order valence-electron chi connectivity index (χ2n) is 9.91. The molecule has 1 N–H and O–H groups in total. The molecular weight excluding hydrogens is 503 g/mol. The van der Waals surface area contributed by atoms with Gasteiger partial charge in [-0.05, 0) is 36.1 Å². The highest BCUT2D eigenvalue weighted by molar-refractivity contribution is 7.79. The molecular formula is C34H39O4P. The Morgan fingerprint density at radius 3 is 1.82 bits per heavy atom. The second-order valence-corrected chi connectivity index (χ2v) is 12.9. The van der Waals surface area contributed by atoms with Gasteiger partial charge in [-0.15, -0.1) is 0 Å². The molecule has 0 heterocycles. The average molecular weight is 543 g/mol. The van der Waals surface area contributed by atoms with Crippen molar-refractivity contribution in [2.24, 2.45) is 0 Å². The minimum absolute atomic E-state index is 0.163. The molecule has 0 radical (unpaired) electrons. The molecule has 4 aromatic carbocycles. The summed E-state index contributed by atoms with van der Waals surface area (Å²) >= 11 is 0. The zero-order valence-electron chi connectivity index (χ0n) is 22.9. The minimum atomic E-state index is -3.32. The van der Waals surface area contributed by atoms with E-state index in [1.165, 1.54) is 0 Å². The SMILES string of the molecule is CCCC[C@H](C[C@@H]([C@H](O)c1ccc(OC)cc1)P(=O)(c1ccccc1)c1ccccc1)OCc1ccccc1. The van der Waals surface area contributed by atoms with Crippen LogP contribution in [0.25, 0.3) is 0 Å². The van der Waals surface area contributed by atoms with E-state index in [0.717, 1.165) is 35.4 Å². The van der Waals surface area contributed by atoms with Crippen LogP contribution in [0.5, 0.6) is 5.75 Å². The second kappa shape index (κ2) is 14.3. The Balaban J connectivity index is 1.78. The monoisotopic (exact) mass is 542 g/mol. The first kappa shape index (κ1) is 28.8. The summed E-state index contributed by atoms with van der Waals surface area (Å²) in [4.78, 5) is 0. The van der Waals surface area contributed by atoms with Gasteiger partial charge in [0.25, 0.3) is 0 Å². The van der Waals surface area contributed by atoms with Crippen molar-refractivity contribution in [3.8, 4) is 5.75 Å². The standard InChI is InChI=1S/C34H39O4P/c1-3-4-16-30(38-26-27-14-8-5-9-15-27)25-33(34(35)28-21-23-29(37-2)24-22-28)39(36,31-17-10-6-11-18-31)32-19-12-7-13-20-32/h5-15,17-24,30,33-35H,3-4,16,25-26H2,1-2H3/t30-,33+,34-/m1/s1. The van der Waals surface area contributed by atoms with Gasteiger partial charge in [0.2, 0.25) is 0 Å². The summed E-state index contributed by atoms with van der Waals surface area (Å²) in [5.41, 5.74) is 1.22. The first-order valence-electron chi connectivity index (χ1n) is 13.7. The van der Waals surface area contributed by atoms with Crippen LogP contribution in [0.4, 0.5) is 0 Å². The maximum atomic E-state index is 15.5. The van der Waals surface area contributed by atoms with Crippen LogP contribution in [-0.2, 0) is 15.9 Å². The van der Waals surface area contributed by atoms with Gasteiger partial charge in [-0.2, -0.15) is 0 Å². The molecule has 4 rings (SSSR count). The number of benzene rings is 4. The van der Waals surface area contributed by atoms with E-state index in [0.29, 0.717) is 24.3 Å². The highest BCUT2D eigenvalue weighted by Gasteiger charge is 2.42. The summed E-state index contributed by atoms with van der Waals surface area (Å²) in [6.45, 7) is 2.64. The van der Waals surface area contributed by atoms with Gasteiger partial charge in [-0.25, -0.2) is 0 Å². The average Bonchev–Trinajstić information content (AvgIpc) is 3.01. The molecule has 0 aromatic heterocycles. The third-order valence-corrected chi connectivity index (χ3v) is 10.8. The van der Waals surface area contributed by atoms with E-state index in [-0.39, 0.29) is 6.10 Å². The molecule has 0 aliphatic rings. The molecule has 0 unspecified atom stereocenters. The topological polar surface area (TPSA) is 55.8 Å². The largest absolute Gasteiger partial charge is 0.497 e. The summed E-state index contributed by atoms with van der Waals surface area (Å²) in [6.07, 6.45) is 2.19. The predicted molar refractivity (Wildman–Crippen MR) is 161 cm³/mol. The lowest BCUT2D eigenvalue weighted by molar-refractivity contribution is 0.0185. The molecule has 0 amide bonds. The van der Waals surface area contributed by atoms with Crippen molar-refractivity contribution in [3.05, 3.63) is 126 Å². The van der Waals surface area contributed by atoms with E-state index >= 15 is 4.57 Å². The van der Waals surface area contributed by atoms with E-state index < -0.39 is 18.9 Å². The third-order valence-electron chi connectivity index (χ3n) is 7.28. The Morgan fingerprint density at radius 1 is 0.769 bits per heavy atom. The molecule has 4 nitrogen and oxygen atoms in total. The van der Waals surface area contributed by atoms with Gasteiger partial charge in [-0.1, -0.05) is 123 Å². The van der Waals surface area contributed by atoms with Crippen molar-refractivity contribution in [2.75, 3.05) is 7.11 Å². The van der Waals surface area contributed by atoms with Crippen molar-refractivity contribution in [3.63, 3.8) is 0 Å². The Morgan fingerprint density at radius 2 is 1.31 bits per heavy atom. The van der Waals surface area contributed by atoms with E-state index in [1.807, 2.05) is 103 Å². The van der Waals surface area contributed by atoms with Crippen LogP contribution in [0.15, 0.2) is 115 Å². The van der Waals surface area contributed by atoms with Crippen molar-refractivity contribution in [1.82, 2.24) is 0 Å². The van der Waals surface area contributed by atoms with E-state index in [2.05, 4.69) is 19.1 Å². The maximum Gasteiger partial charge on any atom is 0.149 e. The van der Waals surface area contributed by atoms with Gasteiger partial charge in [-0.3, -0.25) is 0 Å². The summed E-state index contributed by atoms with van der Waals surface area (Å²) in [5.74, 6) is 0.712. The first-order chi connectivity index (χ1) is 19.1. The Kier molecular flexibility index (Phi) is 10.6. The molecule has 3 atom stereocenters. The van der Waals surface area contributed by atoms with Gasteiger partial charge in [0, 0.05) is 10.6 Å². The lowest BCUT2D eigenvalue weighted by Crippen LogP contribution is -2.34. The van der Waals surface area contributed by atoms with Gasteiger partial charge in [0.15, 0.2) is 0 Å². The zero-order valence-corrected chi connectivity index (χ0v) is 23.8. The van der Waals surface area contributed by atoms with Crippen LogP contribution < -0.4 is 15.3 Å². The Bertz CT molecular complexity index is 1250. The number of hydrogen-bond donors (Lipinski definition) is 1. The lowest BCUT2D eigenvalue weighted by atomic mass is 9.99. The van der Waals surface area contributed by atoms with Crippen LogP contribution >= 0.6 is 7.14 Å². The molecule has 39 heavy (non-hydrogen) atoms. The van der Waals surface area contributed by atoms with Crippen molar-refractivity contribution >= 4 is 17.8 Å². The normalized spacial score (nSPS) is 13.9. The number of aliphatic hydroxyl groups is 1. The van der Waals surface area contributed by atoms with Crippen molar-refractivity contribution in [2.45, 2.75) is 57.1 Å². The van der Waals surface area contributed by atoms with E-state index in [1.54, 1.807) is 7.11 Å². The molecule has 0 aliphatic heterocycles. The predicted octanol–water partition coefficient (Wildman–Crippen LogP) is 7.28. The number of aliphatic hydroxyl groups excluding tert-OH is 1. The molecule has 204 valence electrons. The van der Waals surface area contributed by atoms with E-state index in [4.69, 9.17) is 9.47 Å². The summed E-state index contributed by atoms with van der Waals surface area (Å²) in [6, 6.07) is 36.8. The molecule has 5 heteroatoms. The number of hydrogen-bond acceptors (Lipinski definition) is 4. The number of rotatable bonds is 14. The van der Waals surface area contributed by atoms with Crippen LogP contribution in [0.3, 0.4) is 0 Å². The van der Waals surface area contributed by atoms with Crippen LogP contribution in [0.1, 0.15) is 49.8 Å². The molecule has 0 saturated heterocycles. The molecule has 0 spiro atoms. The molecule has 0 aliphatic carbocycles. The van der Waals surface area contributed by atoms with Gasteiger partial charge >= 0.3 is 0 Å². The van der Waals surface area contributed by atoms with E-state index in [9.17, 15) is 5.11 Å². The quantitative estimate of drug-likeness (QED) is 0.170. The fourth-order valence-electron chi connectivity index (χ4n) is 5.09. The van der Waals surface area contributed by atoms with Gasteiger partial charge < -0.3 is 19.1 Å². The Hall–Kier alpha value is -3.17. The highest BCUT2D eigenvalue weighted by Crippen LogP contribution is 2.55. The van der Waals surface area contributed by atoms with Crippen molar-refractivity contribution < 1.29 is 19.1 Å². The molecule has 4 aromatic rings. The minimum Gasteiger partial charge on any atom is -0.497 e. The van der Waals surface area contributed by atoms with Gasteiger partial charge in [0.1, 0.15) is 12.9 Å². The summed E-state index contributed by atoms with van der Waals surface area (Å²) in [7, 11) is -1.70. The summed E-state index contributed by atoms with van der Waals surface area (Å²) < 4.78 is 27.3. The smallest absolute Gasteiger partial charge is 0.149 e. The first-order valence-corrected chi connectivity index (χ1v) is 15.5. The third kappa shape index (κ3) is 7.28. The Labute approximate surface area is 233 Å². The lowest BCUT2D eigenvalue weighted by Gasteiger charge is -2.35. The molecule has 0 bridgehead atoms. The number of methoxy groups -OCH3 is 1. The highest BCUT2D eigenvalue weighted by atomic mass is 31.2. The number of unbranched alkanes of at least 4 members (excludes halogenated alkanes) is 1. The molecule has 0 fully saturated rings. The van der Waals surface area contributed by atoms with Crippen molar-refractivity contribution in [1.29, 1.82) is 0 Å². The van der Waals surface area contributed by atoms with Gasteiger partial charge in [0.05, 0.1) is 31.6 Å². The number of ether oxygens (including phenoxy) is 2. The van der Waals surface area contributed by atoms with Crippen LogP contribution in [-0.4, -0.2) is 24.0 Å². The fourth-order valence-corrected chi connectivity index (χ4v) is 8.49. The maximum absolute atomic E-state index is 15.5.